The minimum atomic E-state index is -4.65. The fourth-order valence-electron chi connectivity index (χ4n) is 4.07. The fraction of sp³-hybridized carbons (Fsp3) is 0.440. The Bertz CT molecular complexity index is 1190. The van der Waals surface area contributed by atoms with Crippen molar-refractivity contribution >= 4 is 27.5 Å². The summed E-state index contributed by atoms with van der Waals surface area (Å²) in [5.41, 5.74) is -0.422. The van der Waals surface area contributed by atoms with Crippen LogP contribution < -0.4 is 10.6 Å². The number of alkyl halides is 3. The van der Waals surface area contributed by atoms with E-state index < -0.39 is 51.5 Å². The van der Waals surface area contributed by atoms with Gasteiger partial charge in [-0.3, -0.25) is 9.59 Å². The quantitative estimate of drug-likeness (QED) is 0.567. The number of nitrogens with one attached hydrogen (secondary N) is 2. The molecule has 0 saturated carbocycles. The zero-order valence-electron chi connectivity index (χ0n) is 20.3. The molecule has 1 unspecified atom stereocenters. The molecule has 11 heteroatoms. The van der Waals surface area contributed by atoms with E-state index >= 15 is 0 Å². The molecule has 0 aliphatic carbocycles. The highest BCUT2D eigenvalue weighted by Gasteiger charge is 2.36. The second-order valence-electron chi connectivity index (χ2n) is 9.25. The monoisotopic (exact) mass is 525 g/mol. The predicted molar refractivity (Wildman–Crippen MR) is 130 cm³/mol. The van der Waals surface area contributed by atoms with E-state index in [2.05, 4.69) is 10.6 Å². The predicted octanol–water partition coefficient (Wildman–Crippen LogP) is 4.19. The largest absolute Gasteiger partial charge is 0.418 e. The van der Waals surface area contributed by atoms with Crippen molar-refractivity contribution in [3.8, 4) is 0 Å². The summed E-state index contributed by atoms with van der Waals surface area (Å²) in [5, 5.41) is 4.95. The molecule has 3 rings (SSSR count). The van der Waals surface area contributed by atoms with Crippen molar-refractivity contribution in [2.75, 3.05) is 18.4 Å². The number of hydrogen-bond acceptors (Lipinski definition) is 4. The van der Waals surface area contributed by atoms with Crippen LogP contribution in [-0.2, 0) is 25.8 Å². The number of hydrogen-bond donors (Lipinski definition) is 2. The Morgan fingerprint density at radius 1 is 1.00 bits per heavy atom. The summed E-state index contributed by atoms with van der Waals surface area (Å²) in [4.78, 5) is 25.9. The van der Waals surface area contributed by atoms with Crippen LogP contribution in [0.4, 0.5) is 18.9 Å². The van der Waals surface area contributed by atoms with Crippen LogP contribution in [0.2, 0.25) is 0 Å². The lowest BCUT2D eigenvalue weighted by atomic mass is 9.95. The zero-order chi connectivity index (χ0) is 26.7. The van der Waals surface area contributed by atoms with Crippen LogP contribution in [0, 0.1) is 18.8 Å². The van der Waals surface area contributed by atoms with Crippen molar-refractivity contribution in [1.82, 2.24) is 9.62 Å². The van der Waals surface area contributed by atoms with E-state index in [1.165, 1.54) is 16.4 Å². The molecular weight excluding hydrogens is 495 g/mol. The van der Waals surface area contributed by atoms with Gasteiger partial charge in [0.2, 0.25) is 21.8 Å². The van der Waals surface area contributed by atoms with Crippen molar-refractivity contribution in [3.63, 3.8) is 0 Å². The molecule has 1 fully saturated rings. The van der Waals surface area contributed by atoms with Gasteiger partial charge in [-0.05, 0) is 49.9 Å². The van der Waals surface area contributed by atoms with Crippen LogP contribution in [0.5, 0.6) is 0 Å². The minimum Gasteiger partial charge on any atom is -0.344 e. The molecule has 1 atom stereocenters. The molecule has 1 aliphatic heterocycles. The van der Waals surface area contributed by atoms with Crippen molar-refractivity contribution in [3.05, 3.63) is 59.7 Å². The number of carbonyl (C=O) groups excluding carboxylic acids is 2. The SMILES string of the molecule is Cc1ccc(S(=O)(=O)N2CCC(C(=O)NC(C(=O)Nc3ccccc3C(F)(F)F)C(C)C)CC2)cc1. The van der Waals surface area contributed by atoms with E-state index in [1.54, 1.807) is 38.1 Å². The number of piperidine rings is 1. The topological polar surface area (TPSA) is 95.6 Å². The van der Waals surface area contributed by atoms with E-state index in [0.29, 0.717) is 0 Å². The van der Waals surface area contributed by atoms with E-state index in [1.807, 2.05) is 6.92 Å². The van der Waals surface area contributed by atoms with Crippen molar-refractivity contribution in [2.24, 2.45) is 11.8 Å². The summed E-state index contributed by atoms with van der Waals surface area (Å²) in [6.07, 6.45) is -4.12. The molecule has 2 N–H and O–H groups in total. The molecule has 0 radical (unpaired) electrons. The van der Waals surface area contributed by atoms with Crippen molar-refractivity contribution < 1.29 is 31.2 Å². The average molecular weight is 526 g/mol. The van der Waals surface area contributed by atoms with Gasteiger partial charge in [-0.15, -0.1) is 0 Å². The number of amides is 2. The van der Waals surface area contributed by atoms with Crippen LogP contribution in [0.15, 0.2) is 53.4 Å². The van der Waals surface area contributed by atoms with Gasteiger partial charge in [0, 0.05) is 19.0 Å². The van der Waals surface area contributed by atoms with Gasteiger partial charge in [0.15, 0.2) is 0 Å². The van der Waals surface area contributed by atoms with Gasteiger partial charge in [0.05, 0.1) is 16.1 Å². The minimum absolute atomic E-state index is 0.145. The first-order chi connectivity index (χ1) is 16.8. The molecule has 0 aromatic heterocycles. The maximum Gasteiger partial charge on any atom is 0.418 e. The molecule has 2 amide bonds. The average Bonchev–Trinajstić information content (AvgIpc) is 2.82. The molecule has 0 spiro atoms. The first kappa shape index (κ1) is 27.7. The second-order valence-corrected chi connectivity index (χ2v) is 11.2. The van der Waals surface area contributed by atoms with E-state index in [4.69, 9.17) is 0 Å². The maximum atomic E-state index is 13.3. The number of benzene rings is 2. The van der Waals surface area contributed by atoms with Gasteiger partial charge in [0.1, 0.15) is 6.04 Å². The van der Waals surface area contributed by atoms with Gasteiger partial charge in [-0.1, -0.05) is 43.7 Å². The van der Waals surface area contributed by atoms with E-state index in [-0.39, 0.29) is 36.5 Å². The first-order valence-electron chi connectivity index (χ1n) is 11.6. The highest BCUT2D eigenvalue weighted by molar-refractivity contribution is 7.89. The summed E-state index contributed by atoms with van der Waals surface area (Å²) in [6.45, 7) is 5.51. The maximum absolute atomic E-state index is 13.3. The van der Waals surface area contributed by atoms with Gasteiger partial charge < -0.3 is 10.6 Å². The summed E-state index contributed by atoms with van der Waals surface area (Å²) in [5.74, 6) is -2.10. The standard InChI is InChI=1S/C25H30F3N3O4S/c1-16(2)22(24(33)29-21-7-5-4-6-20(21)25(26,27)28)30-23(32)18-12-14-31(15-13-18)36(34,35)19-10-8-17(3)9-11-19/h4-11,16,18,22H,12-15H2,1-3H3,(H,29,33)(H,30,32). The number of nitrogens with zero attached hydrogens (tertiary/aromatic N) is 1. The number of anilines is 1. The van der Waals surface area contributed by atoms with Gasteiger partial charge in [-0.25, -0.2) is 8.42 Å². The first-order valence-corrected chi connectivity index (χ1v) is 13.1. The van der Waals surface area contributed by atoms with Crippen molar-refractivity contribution in [1.29, 1.82) is 0 Å². The number of halogens is 3. The lowest BCUT2D eigenvalue weighted by molar-refractivity contribution is -0.137. The fourth-order valence-corrected chi connectivity index (χ4v) is 5.54. The lowest BCUT2D eigenvalue weighted by Gasteiger charge is -2.32. The molecule has 0 bridgehead atoms. The Morgan fingerprint density at radius 2 is 1.58 bits per heavy atom. The third-order valence-corrected chi connectivity index (χ3v) is 8.13. The van der Waals surface area contributed by atoms with Gasteiger partial charge in [-0.2, -0.15) is 17.5 Å². The van der Waals surface area contributed by atoms with Crippen LogP contribution in [0.25, 0.3) is 0 Å². The van der Waals surface area contributed by atoms with E-state index in [9.17, 15) is 31.2 Å². The van der Waals surface area contributed by atoms with Gasteiger partial charge >= 0.3 is 6.18 Å². The summed E-state index contributed by atoms with van der Waals surface area (Å²) >= 11 is 0. The highest BCUT2D eigenvalue weighted by atomic mass is 32.2. The lowest BCUT2D eigenvalue weighted by Crippen LogP contribution is -2.51. The normalized spacial score (nSPS) is 16.5. The molecule has 1 heterocycles. The number of rotatable bonds is 7. The summed E-state index contributed by atoms with van der Waals surface area (Å²) in [6, 6.07) is 10.1. The Balaban J connectivity index is 1.64. The van der Waals surface area contributed by atoms with Crippen LogP contribution in [0.1, 0.15) is 37.8 Å². The number of para-hydroxylation sites is 1. The molecule has 2 aromatic rings. The summed E-state index contributed by atoms with van der Waals surface area (Å²) in [7, 11) is -3.68. The third-order valence-electron chi connectivity index (χ3n) is 6.22. The van der Waals surface area contributed by atoms with Crippen LogP contribution >= 0.6 is 0 Å². The summed E-state index contributed by atoms with van der Waals surface area (Å²) < 4.78 is 67.0. The number of sulfonamides is 1. The Labute approximate surface area is 209 Å². The Morgan fingerprint density at radius 3 is 2.14 bits per heavy atom. The molecular formula is C25H30F3N3O4S. The zero-order valence-corrected chi connectivity index (χ0v) is 21.1. The smallest absolute Gasteiger partial charge is 0.344 e. The number of carbonyl (C=O) groups is 2. The molecule has 1 saturated heterocycles. The van der Waals surface area contributed by atoms with E-state index in [0.717, 1.165) is 17.7 Å². The third kappa shape index (κ3) is 6.44. The number of aryl methyl sites for hydroxylation is 1. The Hall–Kier alpha value is -2.92. The van der Waals surface area contributed by atoms with Crippen LogP contribution in [-0.4, -0.2) is 43.7 Å². The molecule has 1 aliphatic rings. The molecule has 196 valence electrons. The second kappa shape index (κ2) is 11.0. The molecule has 2 aromatic carbocycles. The van der Waals surface area contributed by atoms with Crippen molar-refractivity contribution in [2.45, 2.75) is 50.7 Å². The molecule has 7 nitrogen and oxygen atoms in total. The Kier molecular flexibility index (Phi) is 8.45. The van der Waals surface area contributed by atoms with Gasteiger partial charge in [0.25, 0.3) is 0 Å². The molecule has 36 heavy (non-hydrogen) atoms. The van der Waals surface area contributed by atoms with Crippen LogP contribution in [0.3, 0.4) is 0 Å². The highest BCUT2D eigenvalue weighted by Crippen LogP contribution is 2.34.